The minimum Gasteiger partial charge on any atom is -0.489 e. The Morgan fingerprint density at radius 2 is 2.00 bits per heavy atom. The monoisotopic (exact) mass is 305 g/mol. The van der Waals surface area contributed by atoms with E-state index in [9.17, 15) is 4.39 Å². The molecule has 0 aromatic heterocycles. The Labute approximate surface area is 129 Å². The van der Waals surface area contributed by atoms with E-state index in [0.717, 1.165) is 36.2 Å². The van der Waals surface area contributed by atoms with Gasteiger partial charge in [0.05, 0.1) is 0 Å². The number of halogens is 2. The van der Waals surface area contributed by atoms with E-state index in [4.69, 9.17) is 16.3 Å². The number of hydrogen-bond acceptors (Lipinski definition) is 2. The van der Waals surface area contributed by atoms with Crippen molar-refractivity contribution in [3.8, 4) is 5.75 Å². The van der Waals surface area contributed by atoms with E-state index < -0.39 is 0 Å². The summed E-state index contributed by atoms with van der Waals surface area (Å²) >= 11 is 5.86. The van der Waals surface area contributed by atoms with E-state index in [1.165, 1.54) is 6.07 Å². The van der Waals surface area contributed by atoms with Crippen LogP contribution in [0.1, 0.15) is 16.7 Å². The van der Waals surface area contributed by atoms with Crippen molar-refractivity contribution in [1.82, 2.24) is 4.90 Å². The Balaban J connectivity index is 1.80. The number of rotatable bonds is 3. The molecule has 0 atom stereocenters. The molecule has 0 amide bonds. The number of hydrogen-bond donors (Lipinski definition) is 0. The second kappa shape index (κ2) is 6.04. The average molecular weight is 306 g/mol. The summed E-state index contributed by atoms with van der Waals surface area (Å²) < 4.78 is 19.6. The van der Waals surface area contributed by atoms with Crippen LogP contribution in [0, 0.1) is 5.82 Å². The second-order valence-electron chi connectivity index (χ2n) is 5.44. The Morgan fingerprint density at radius 3 is 2.76 bits per heavy atom. The Bertz CT molecular complexity index is 642. The van der Waals surface area contributed by atoms with Gasteiger partial charge in [-0.3, -0.25) is 0 Å². The number of ether oxygens (including phenoxy) is 1. The summed E-state index contributed by atoms with van der Waals surface area (Å²) in [6.45, 7) is 2.16. The number of likely N-dealkylation sites (N-methyl/N-ethyl adjacent to an activating group) is 1. The standard InChI is InChI=1S/C17H17ClFNO/c1-20-7-6-16-13(10-20)8-15(19)9-17(16)21-11-12-2-4-14(18)5-3-12/h2-5,8-9H,6-7,10-11H2,1H3. The molecule has 0 N–H and O–H groups in total. The highest BCUT2D eigenvalue weighted by molar-refractivity contribution is 6.30. The first-order valence-electron chi connectivity index (χ1n) is 6.99. The van der Waals surface area contributed by atoms with E-state index in [-0.39, 0.29) is 5.82 Å². The molecule has 2 nitrogen and oxygen atoms in total. The normalized spacial score (nSPS) is 14.8. The fourth-order valence-corrected chi connectivity index (χ4v) is 2.76. The first-order chi connectivity index (χ1) is 10.1. The largest absolute Gasteiger partial charge is 0.489 e. The molecular formula is C17H17ClFNO. The van der Waals surface area contributed by atoms with Gasteiger partial charge in [-0.25, -0.2) is 4.39 Å². The van der Waals surface area contributed by atoms with Gasteiger partial charge < -0.3 is 9.64 Å². The van der Waals surface area contributed by atoms with E-state index in [1.807, 2.05) is 31.3 Å². The van der Waals surface area contributed by atoms with E-state index in [2.05, 4.69) is 4.90 Å². The minimum absolute atomic E-state index is 0.241. The molecule has 0 saturated carbocycles. The molecule has 1 aliphatic heterocycles. The zero-order chi connectivity index (χ0) is 14.8. The van der Waals surface area contributed by atoms with Gasteiger partial charge in [-0.2, -0.15) is 0 Å². The Kier molecular flexibility index (Phi) is 4.13. The van der Waals surface area contributed by atoms with Crippen molar-refractivity contribution in [3.05, 3.63) is 63.9 Å². The quantitative estimate of drug-likeness (QED) is 0.848. The van der Waals surface area contributed by atoms with Crippen LogP contribution in [-0.4, -0.2) is 18.5 Å². The van der Waals surface area contributed by atoms with Gasteiger partial charge in [0.15, 0.2) is 0 Å². The minimum atomic E-state index is -0.241. The highest BCUT2D eigenvalue weighted by Gasteiger charge is 2.18. The topological polar surface area (TPSA) is 12.5 Å². The van der Waals surface area contributed by atoms with Crippen LogP contribution in [0.5, 0.6) is 5.75 Å². The maximum Gasteiger partial charge on any atom is 0.127 e. The van der Waals surface area contributed by atoms with Crippen LogP contribution in [0.2, 0.25) is 5.02 Å². The predicted octanol–water partition coefficient (Wildman–Crippen LogP) is 4.05. The maximum atomic E-state index is 13.7. The summed E-state index contributed by atoms with van der Waals surface area (Å²) in [5.41, 5.74) is 3.17. The van der Waals surface area contributed by atoms with Crippen LogP contribution in [0.25, 0.3) is 0 Å². The lowest BCUT2D eigenvalue weighted by atomic mass is 9.99. The fourth-order valence-electron chi connectivity index (χ4n) is 2.63. The molecule has 0 bridgehead atoms. The zero-order valence-electron chi connectivity index (χ0n) is 11.9. The molecule has 0 spiro atoms. The molecule has 2 aromatic rings. The zero-order valence-corrected chi connectivity index (χ0v) is 12.7. The van der Waals surface area contributed by atoms with Crippen LogP contribution >= 0.6 is 11.6 Å². The van der Waals surface area contributed by atoms with Crippen LogP contribution in [0.4, 0.5) is 4.39 Å². The van der Waals surface area contributed by atoms with Crippen molar-refractivity contribution in [2.75, 3.05) is 13.6 Å². The molecule has 110 valence electrons. The van der Waals surface area contributed by atoms with Crippen molar-refractivity contribution in [2.24, 2.45) is 0 Å². The molecule has 0 saturated heterocycles. The smallest absolute Gasteiger partial charge is 0.127 e. The van der Waals surface area contributed by atoms with Gasteiger partial charge in [0.1, 0.15) is 18.2 Å². The van der Waals surface area contributed by atoms with Crippen LogP contribution in [-0.2, 0) is 19.6 Å². The summed E-state index contributed by atoms with van der Waals surface area (Å²) in [6, 6.07) is 10.6. The summed E-state index contributed by atoms with van der Waals surface area (Å²) in [5, 5.41) is 0.699. The Hall–Kier alpha value is -1.58. The SMILES string of the molecule is CN1CCc2c(cc(F)cc2OCc2ccc(Cl)cc2)C1. The molecule has 0 radical (unpaired) electrons. The fraction of sp³-hybridized carbons (Fsp3) is 0.294. The van der Waals surface area contributed by atoms with Gasteiger partial charge in [-0.05, 0) is 42.8 Å². The highest BCUT2D eigenvalue weighted by Crippen LogP contribution is 2.29. The Morgan fingerprint density at radius 1 is 1.24 bits per heavy atom. The van der Waals surface area contributed by atoms with Gasteiger partial charge >= 0.3 is 0 Å². The van der Waals surface area contributed by atoms with Crippen molar-refractivity contribution in [2.45, 2.75) is 19.6 Å². The molecule has 1 aliphatic rings. The predicted molar refractivity (Wildman–Crippen MR) is 82.2 cm³/mol. The lowest BCUT2D eigenvalue weighted by molar-refractivity contribution is 0.281. The van der Waals surface area contributed by atoms with Gasteiger partial charge in [-0.1, -0.05) is 23.7 Å². The number of fused-ring (bicyclic) bond motifs is 1. The molecule has 4 heteroatoms. The average Bonchev–Trinajstić information content (AvgIpc) is 2.45. The number of nitrogens with zero attached hydrogens (tertiary/aromatic N) is 1. The van der Waals surface area contributed by atoms with E-state index in [1.54, 1.807) is 6.07 Å². The van der Waals surface area contributed by atoms with E-state index in [0.29, 0.717) is 17.4 Å². The molecular weight excluding hydrogens is 289 g/mol. The van der Waals surface area contributed by atoms with Gasteiger partial charge in [0.25, 0.3) is 0 Å². The number of benzene rings is 2. The first-order valence-corrected chi connectivity index (χ1v) is 7.37. The van der Waals surface area contributed by atoms with Crippen LogP contribution < -0.4 is 4.74 Å². The second-order valence-corrected chi connectivity index (χ2v) is 5.88. The highest BCUT2D eigenvalue weighted by atomic mass is 35.5. The summed E-state index contributed by atoms with van der Waals surface area (Å²) in [6.07, 6.45) is 0.891. The first kappa shape index (κ1) is 14.4. The molecule has 2 aromatic carbocycles. The third kappa shape index (κ3) is 3.36. The van der Waals surface area contributed by atoms with Crippen molar-refractivity contribution >= 4 is 11.6 Å². The third-order valence-electron chi connectivity index (χ3n) is 3.76. The molecule has 3 rings (SSSR count). The van der Waals surface area contributed by atoms with Gasteiger partial charge in [0.2, 0.25) is 0 Å². The van der Waals surface area contributed by atoms with Crippen molar-refractivity contribution < 1.29 is 9.13 Å². The van der Waals surface area contributed by atoms with E-state index >= 15 is 0 Å². The molecule has 0 aliphatic carbocycles. The van der Waals surface area contributed by atoms with Crippen molar-refractivity contribution in [3.63, 3.8) is 0 Å². The molecule has 1 heterocycles. The van der Waals surface area contributed by atoms with Crippen molar-refractivity contribution in [1.29, 1.82) is 0 Å². The van der Waals surface area contributed by atoms with Crippen LogP contribution in [0.3, 0.4) is 0 Å². The lowest BCUT2D eigenvalue weighted by Gasteiger charge is -2.26. The maximum absolute atomic E-state index is 13.7. The summed E-state index contributed by atoms with van der Waals surface area (Å²) in [4.78, 5) is 2.19. The van der Waals surface area contributed by atoms with Gasteiger partial charge in [0, 0.05) is 29.7 Å². The third-order valence-corrected chi connectivity index (χ3v) is 4.01. The molecule has 21 heavy (non-hydrogen) atoms. The molecule has 0 unspecified atom stereocenters. The lowest BCUT2D eigenvalue weighted by Crippen LogP contribution is -2.27. The summed E-state index contributed by atoms with van der Waals surface area (Å²) in [7, 11) is 2.04. The molecule has 0 fully saturated rings. The van der Waals surface area contributed by atoms with Crippen LogP contribution in [0.15, 0.2) is 36.4 Å². The van der Waals surface area contributed by atoms with Gasteiger partial charge in [-0.15, -0.1) is 0 Å². The summed E-state index contributed by atoms with van der Waals surface area (Å²) in [5.74, 6) is 0.420.